The smallest absolute Gasteiger partial charge is 0.178 e. The average Bonchev–Trinajstić information content (AvgIpc) is 2.78. The monoisotopic (exact) mass is 262 g/mol. The molecule has 0 radical (unpaired) electrons. The Labute approximate surface area is 113 Å². The highest BCUT2D eigenvalue weighted by molar-refractivity contribution is 5.99. The molecule has 3 rings (SSSR count). The number of hydrogen-bond donors (Lipinski definition) is 2. The number of aromatic nitrogens is 1. The van der Waals surface area contributed by atoms with Crippen molar-refractivity contribution in [2.45, 2.75) is 57.7 Å². The molecule has 0 aliphatic carbocycles. The molecule has 19 heavy (non-hydrogen) atoms. The van der Waals surface area contributed by atoms with Crippen molar-refractivity contribution >= 4 is 5.78 Å². The maximum Gasteiger partial charge on any atom is 0.178 e. The quantitative estimate of drug-likeness (QED) is 0.817. The number of aromatic amines is 1. The minimum absolute atomic E-state index is 0.167. The minimum atomic E-state index is -0.167. The minimum Gasteiger partial charge on any atom is -0.393 e. The lowest BCUT2D eigenvalue weighted by Crippen LogP contribution is -2.46. The van der Waals surface area contributed by atoms with Crippen LogP contribution in [0.15, 0.2) is 6.07 Å². The van der Waals surface area contributed by atoms with Crippen molar-refractivity contribution in [1.82, 2.24) is 9.88 Å². The Morgan fingerprint density at radius 3 is 2.53 bits per heavy atom. The molecule has 2 N–H and O–H groups in total. The van der Waals surface area contributed by atoms with Gasteiger partial charge in [-0.05, 0) is 45.6 Å². The lowest BCUT2D eigenvalue weighted by molar-refractivity contribution is 0.0344. The average molecular weight is 262 g/mol. The first-order chi connectivity index (χ1) is 9.04. The van der Waals surface area contributed by atoms with Crippen molar-refractivity contribution < 1.29 is 9.90 Å². The number of H-pyrrole nitrogens is 1. The van der Waals surface area contributed by atoms with Gasteiger partial charge in [0, 0.05) is 29.0 Å². The Morgan fingerprint density at radius 1 is 1.37 bits per heavy atom. The molecule has 2 fully saturated rings. The number of rotatable bonds is 3. The van der Waals surface area contributed by atoms with E-state index in [1.807, 2.05) is 19.9 Å². The van der Waals surface area contributed by atoms with Crippen LogP contribution in [0, 0.1) is 13.8 Å². The molecule has 1 aromatic heterocycles. The zero-order valence-corrected chi connectivity index (χ0v) is 11.6. The summed E-state index contributed by atoms with van der Waals surface area (Å²) in [5.74, 6) is 0.204. The van der Waals surface area contributed by atoms with Crippen LogP contribution in [-0.4, -0.2) is 45.5 Å². The van der Waals surface area contributed by atoms with Crippen LogP contribution in [0.25, 0.3) is 0 Å². The molecular weight excluding hydrogens is 240 g/mol. The number of Topliss-reactive ketones (excluding diaryl/α,β-unsaturated/α-hetero) is 1. The number of carbonyl (C=O) groups excluding carboxylic acids is 1. The van der Waals surface area contributed by atoms with E-state index < -0.39 is 0 Å². The van der Waals surface area contributed by atoms with Crippen molar-refractivity contribution in [3.8, 4) is 0 Å². The van der Waals surface area contributed by atoms with E-state index in [1.54, 1.807) is 0 Å². The Balaban J connectivity index is 1.72. The van der Waals surface area contributed by atoms with Crippen molar-refractivity contribution in [1.29, 1.82) is 0 Å². The van der Waals surface area contributed by atoms with E-state index in [1.165, 1.54) is 0 Å². The van der Waals surface area contributed by atoms with Gasteiger partial charge in [0.25, 0.3) is 0 Å². The van der Waals surface area contributed by atoms with Gasteiger partial charge >= 0.3 is 0 Å². The zero-order valence-electron chi connectivity index (χ0n) is 11.6. The molecule has 0 spiro atoms. The molecule has 0 saturated carbocycles. The van der Waals surface area contributed by atoms with Gasteiger partial charge in [-0.15, -0.1) is 0 Å². The number of aliphatic hydroxyl groups excluding tert-OH is 1. The van der Waals surface area contributed by atoms with Crippen LogP contribution in [-0.2, 0) is 0 Å². The lowest BCUT2D eigenvalue weighted by Gasteiger charge is -2.36. The number of aliphatic hydroxyl groups is 1. The molecule has 2 atom stereocenters. The zero-order chi connectivity index (χ0) is 13.6. The van der Waals surface area contributed by atoms with E-state index in [9.17, 15) is 9.90 Å². The predicted molar refractivity (Wildman–Crippen MR) is 73.4 cm³/mol. The SMILES string of the molecule is Cc1cc(C(=O)CN2C3CCC2CC(O)C3)c(C)[nH]1. The molecule has 3 heterocycles. The van der Waals surface area contributed by atoms with Crippen molar-refractivity contribution in [3.63, 3.8) is 0 Å². The summed E-state index contributed by atoms with van der Waals surface area (Å²) in [5, 5.41) is 9.79. The first-order valence-corrected chi connectivity index (χ1v) is 7.18. The fraction of sp³-hybridized carbons (Fsp3) is 0.667. The first-order valence-electron chi connectivity index (χ1n) is 7.18. The van der Waals surface area contributed by atoms with Gasteiger partial charge in [-0.3, -0.25) is 9.69 Å². The van der Waals surface area contributed by atoms with Crippen molar-refractivity contribution in [2.24, 2.45) is 0 Å². The Morgan fingerprint density at radius 2 is 2.00 bits per heavy atom. The number of carbonyl (C=O) groups is 1. The third-order valence-corrected chi connectivity index (χ3v) is 4.64. The molecule has 4 heteroatoms. The predicted octanol–water partition coefficient (Wildman–Crippen LogP) is 1.80. The van der Waals surface area contributed by atoms with Gasteiger partial charge in [0.1, 0.15) is 0 Å². The Kier molecular flexibility index (Phi) is 3.23. The third-order valence-electron chi connectivity index (χ3n) is 4.64. The van der Waals surface area contributed by atoms with Gasteiger partial charge < -0.3 is 10.1 Å². The van der Waals surface area contributed by atoms with Gasteiger partial charge in [-0.25, -0.2) is 0 Å². The molecule has 2 unspecified atom stereocenters. The summed E-state index contributed by atoms with van der Waals surface area (Å²) in [7, 11) is 0. The van der Waals surface area contributed by atoms with Gasteiger partial charge in [-0.2, -0.15) is 0 Å². The Bertz CT molecular complexity index is 480. The molecule has 2 aliphatic rings. The second-order valence-electron chi connectivity index (χ2n) is 6.10. The number of ketones is 1. The Hall–Kier alpha value is -1.13. The maximum atomic E-state index is 12.4. The van der Waals surface area contributed by atoms with Crippen LogP contribution in [0.2, 0.25) is 0 Å². The maximum absolute atomic E-state index is 12.4. The highest BCUT2D eigenvalue weighted by Crippen LogP contribution is 2.35. The van der Waals surface area contributed by atoms with E-state index in [2.05, 4.69) is 9.88 Å². The summed E-state index contributed by atoms with van der Waals surface area (Å²) < 4.78 is 0. The van der Waals surface area contributed by atoms with Crippen molar-refractivity contribution in [3.05, 3.63) is 23.0 Å². The standard InChI is InChI=1S/C15H22N2O2/c1-9-5-14(10(2)16-9)15(19)8-17-11-3-4-12(17)7-13(18)6-11/h5,11-13,16,18H,3-4,6-8H2,1-2H3. The molecule has 4 nitrogen and oxygen atoms in total. The molecule has 2 aliphatic heterocycles. The number of fused-ring (bicyclic) bond motifs is 2. The second-order valence-corrected chi connectivity index (χ2v) is 6.10. The number of nitrogens with one attached hydrogen (secondary N) is 1. The van der Waals surface area contributed by atoms with Crippen molar-refractivity contribution in [2.75, 3.05) is 6.54 Å². The summed E-state index contributed by atoms with van der Waals surface area (Å²) in [6.45, 7) is 4.43. The summed E-state index contributed by atoms with van der Waals surface area (Å²) in [5.41, 5.74) is 2.83. The first kappa shape index (κ1) is 12.9. The number of hydrogen-bond acceptors (Lipinski definition) is 3. The van der Waals surface area contributed by atoms with E-state index in [0.29, 0.717) is 18.6 Å². The van der Waals surface area contributed by atoms with Crippen LogP contribution >= 0.6 is 0 Å². The lowest BCUT2D eigenvalue weighted by atomic mass is 9.99. The number of aryl methyl sites for hydroxylation is 2. The normalized spacial score (nSPS) is 30.8. The van der Waals surface area contributed by atoms with Crippen LogP contribution < -0.4 is 0 Å². The van der Waals surface area contributed by atoms with Crippen LogP contribution in [0.1, 0.15) is 47.4 Å². The topological polar surface area (TPSA) is 56.3 Å². The van der Waals surface area contributed by atoms with Crippen LogP contribution in [0.3, 0.4) is 0 Å². The van der Waals surface area contributed by atoms with E-state index >= 15 is 0 Å². The third kappa shape index (κ3) is 2.35. The number of nitrogens with zero attached hydrogens (tertiary/aromatic N) is 1. The van der Waals surface area contributed by atoms with Gasteiger partial charge in [0.05, 0.1) is 12.6 Å². The molecule has 0 aromatic carbocycles. The number of piperidine rings is 1. The van der Waals surface area contributed by atoms with E-state index in [4.69, 9.17) is 0 Å². The molecular formula is C15H22N2O2. The van der Waals surface area contributed by atoms with E-state index in [0.717, 1.165) is 42.6 Å². The van der Waals surface area contributed by atoms with Crippen LogP contribution in [0.4, 0.5) is 0 Å². The molecule has 1 aromatic rings. The highest BCUT2D eigenvalue weighted by Gasteiger charge is 2.40. The molecule has 0 amide bonds. The van der Waals surface area contributed by atoms with E-state index in [-0.39, 0.29) is 11.9 Å². The summed E-state index contributed by atoms with van der Waals surface area (Å²) in [6, 6.07) is 2.74. The fourth-order valence-electron chi connectivity index (χ4n) is 3.77. The molecule has 2 bridgehead atoms. The fourth-order valence-corrected chi connectivity index (χ4v) is 3.77. The van der Waals surface area contributed by atoms with Gasteiger partial charge in [-0.1, -0.05) is 0 Å². The summed E-state index contributed by atoms with van der Waals surface area (Å²) in [4.78, 5) is 17.9. The molecule has 2 saturated heterocycles. The van der Waals surface area contributed by atoms with Gasteiger partial charge in [0.2, 0.25) is 0 Å². The largest absolute Gasteiger partial charge is 0.393 e. The summed E-state index contributed by atoms with van der Waals surface area (Å²) in [6.07, 6.45) is 3.74. The van der Waals surface area contributed by atoms with Gasteiger partial charge in [0.15, 0.2) is 5.78 Å². The highest BCUT2D eigenvalue weighted by atomic mass is 16.3. The summed E-state index contributed by atoms with van der Waals surface area (Å²) >= 11 is 0. The second kappa shape index (κ2) is 4.76. The van der Waals surface area contributed by atoms with Crippen LogP contribution in [0.5, 0.6) is 0 Å². The molecule has 104 valence electrons.